The van der Waals surface area contributed by atoms with Gasteiger partial charge in [0.1, 0.15) is 0 Å². The third-order valence-corrected chi connectivity index (χ3v) is 4.99. The highest BCUT2D eigenvalue weighted by Crippen LogP contribution is 2.22. The van der Waals surface area contributed by atoms with Crippen LogP contribution in [0.15, 0.2) is 30.5 Å². The number of nitrogens with one attached hydrogen (secondary N) is 1. The van der Waals surface area contributed by atoms with Gasteiger partial charge in [-0.1, -0.05) is 24.3 Å². The van der Waals surface area contributed by atoms with Crippen LogP contribution in [0.3, 0.4) is 0 Å². The molecule has 0 unspecified atom stereocenters. The van der Waals surface area contributed by atoms with Crippen molar-refractivity contribution < 1.29 is 4.79 Å². The van der Waals surface area contributed by atoms with E-state index in [1.54, 1.807) is 11.7 Å². The number of anilines is 1. The summed E-state index contributed by atoms with van der Waals surface area (Å²) >= 11 is 2.12. The number of carbonyl (C=O) groups is 1. The van der Waals surface area contributed by atoms with E-state index in [-0.39, 0.29) is 5.91 Å². The van der Waals surface area contributed by atoms with Crippen LogP contribution in [0, 0.1) is 24.3 Å². The van der Waals surface area contributed by atoms with Gasteiger partial charge in [0.25, 0.3) is 5.91 Å². The van der Waals surface area contributed by atoms with E-state index in [9.17, 15) is 4.79 Å². The monoisotopic (exact) mass is 449 g/mol. The maximum absolute atomic E-state index is 12.5. The minimum atomic E-state index is -0.216. The number of hydrogen-bond donors (Lipinski definition) is 1. The molecule has 7 heteroatoms. The summed E-state index contributed by atoms with van der Waals surface area (Å²) in [5.74, 6) is -0.216. The van der Waals surface area contributed by atoms with E-state index in [1.165, 1.54) is 11.1 Å². The van der Waals surface area contributed by atoms with E-state index in [2.05, 4.69) is 57.2 Å². The highest BCUT2D eigenvalue weighted by atomic mass is 127. The first-order valence-electron chi connectivity index (χ1n) is 7.96. The van der Waals surface area contributed by atoms with Gasteiger partial charge in [0.15, 0.2) is 5.69 Å². The van der Waals surface area contributed by atoms with Gasteiger partial charge in [0.2, 0.25) is 0 Å². The number of aromatic nitrogens is 4. The molecule has 1 amide bonds. The van der Waals surface area contributed by atoms with Crippen LogP contribution in [0.5, 0.6) is 0 Å². The predicted octanol–water partition coefficient (Wildman–Crippen LogP) is 3.45. The van der Waals surface area contributed by atoms with Crippen LogP contribution in [0.4, 0.5) is 5.69 Å². The van der Waals surface area contributed by atoms with E-state index in [4.69, 9.17) is 0 Å². The molecule has 0 fully saturated rings. The van der Waals surface area contributed by atoms with Crippen molar-refractivity contribution in [2.45, 2.75) is 27.3 Å². The molecule has 2 heterocycles. The molecule has 6 nitrogen and oxygen atoms in total. The molecule has 0 saturated heterocycles. The molecule has 3 rings (SSSR count). The van der Waals surface area contributed by atoms with Crippen LogP contribution >= 0.6 is 22.6 Å². The Hall–Kier alpha value is -2.16. The topological polar surface area (TPSA) is 64.7 Å². The molecule has 0 saturated carbocycles. The van der Waals surface area contributed by atoms with E-state index in [0.717, 1.165) is 20.6 Å². The second-order valence-electron chi connectivity index (χ2n) is 6.08. The summed E-state index contributed by atoms with van der Waals surface area (Å²) < 4.78 is 4.38. The molecule has 0 aliphatic carbocycles. The second-order valence-corrected chi connectivity index (χ2v) is 7.25. The molecule has 0 atom stereocenters. The SMILES string of the molecule is Cc1ccccc1Cn1nc(C)c(NC(=O)c2nn(C)cc2I)c1C. The first-order valence-corrected chi connectivity index (χ1v) is 9.03. The number of carbonyl (C=O) groups excluding carboxylic acids is 1. The zero-order valence-corrected chi connectivity index (χ0v) is 16.8. The molecule has 1 aromatic carbocycles. The number of hydrogen-bond acceptors (Lipinski definition) is 3. The number of halogens is 1. The molecule has 0 spiro atoms. The summed E-state index contributed by atoms with van der Waals surface area (Å²) in [7, 11) is 1.80. The van der Waals surface area contributed by atoms with Gasteiger partial charge in [0.05, 0.1) is 27.2 Å². The van der Waals surface area contributed by atoms with Gasteiger partial charge in [0, 0.05) is 13.2 Å². The lowest BCUT2D eigenvalue weighted by atomic mass is 10.1. The van der Waals surface area contributed by atoms with Gasteiger partial charge in [-0.15, -0.1) is 0 Å². The highest BCUT2D eigenvalue weighted by molar-refractivity contribution is 14.1. The van der Waals surface area contributed by atoms with Crippen molar-refractivity contribution in [1.29, 1.82) is 0 Å². The molecule has 130 valence electrons. The lowest BCUT2D eigenvalue weighted by Crippen LogP contribution is -2.15. The molecule has 0 bridgehead atoms. The van der Waals surface area contributed by atoms with Gasteiger partial charge in [-0.3, -0.25) is 14.2 Å². The minimum absolute atomic E-state index is 0.216. The Morgan fingerprint density at radius 2 is 1.92 bits per heavy atom. The number of aryl methyl sites for hydroxylation is 3. The molecular weight excluding hydrogens is 429 g/mol. The lowest BCUT2D eigenvalue weighted by Gasteiger charge is -2.08. The average Bonchev–Trinajstić information content (AvgIpc) is 3.03. The first-order chi connectivity index (χ1) is 11.9. The predicted molar refractivity (Wildman–Crippen MR) is 106 cm³/mol. The Morgan fingerprint density at radius 1 is 1.20 bits per heavy atom. The summed E-state index contributed by atoms with van der Waals surface area (Å²) in [6.07, 6.45) is 1.82. The molecular formula is C18H20IN5O. The Labute approximate surface area is 160 Å². The maximum atomic E-state index is 12.5. The lowest BCUT2D eigenvalue weighted by molar-refractivity contribution is 0.102. The van der Waals surface area contributed by atoms with Crippen molar-refractivity contribution in [3.63, 3.8) is 0 Å². The third kappa shape index (κ3) is 3.60. The molecule has 1 N–H and O–H groups in total. The van der Waals surface area contributed by atoms with E-state index in [1.807, 2.05) is 36.9 Å². The Morgan fingerprint density at radius 3 is 2.56 bits per heavy atom. The molecule has 25 heavy (non-hydrogen) atoms. The smallest absolute Gasteiger partial charge is 0.277 e. The summed E-state index contributed by atoms with van der Waals surface area (Å²) in [5, 5.41) is 11.8. The fourth-order valence-corrected chi connectivity index (χ4v) is 3.52. The minimum Gasteiger partial charge on any atom is -0.317 e. The number of benzene rings is 1. The van der Waals surface area contributed by atoms with Crippen LogP contribution in [0.1, 0.15) is 33.0 Å². The highest BCUT2D eigenvalue weighted by Gasteiger charge is 2.19. The van der Waals surface area contributed by atoms with Crippen LogP contribution in [0.25, 0.3) is 0 Å². The van der Waals surface area contributed by atoms with Crippen LogP contribution in [0.2, 0.25) is 0 Å². The molecule has 2 aromatic heterocycles. The van der Waals surface area contributed by atoms with Gasteiger partial charge in [-0.2, -0.15) is 10.2 Å². The number of amides is 1. The standard InChI is InChI=1S/C18H20IN5O/c1-11-7-5-6-8-14(11)9-24-13(3)16(12(2)21-24)20-18(25)17-15(19)10-23(4)22-17/h5-8,10H,9H2,1-4H3,(H,20,25). The summed E-state index contributed by atoms with van der Waals surface area (Å²) in [4.78, 5) is 12.5. The van der Waals surface area contributed by atoms with E-state index < -0.39 is 0 Å². The largest absolute Gasteiger partial charge is 0.317 e. The molecule has 0 radical (unpaired) electrons. The average molecular weight is 449 g/mol. The number of nitrogens with zero attached hydrogens (tertiary/aromatic N) is 4. The Balaban J connectivity index is 1.86. The quantitative estimate of drug-likeness (QED) is 0.621. The fraction of sp³-hybridized carbons (Fsp3) is 0.278. The van der Waals surface area contributed by atoms with Crippen LogP contribution in [-0.2, 0) is 13.6 Å². The Kier molecular flexibility index (Phi) is 4.94. The van der Waals surface area contributed by atoms with Crippen molar-refractivity contribution in [2.75, 3.05) is 5.32 Å². The van der Waals surface area contributed by atoms with Crippen LogP contribution < -0.4 is 5.32 Å². The zero-order valence-electron chi connectivity index (χ0n) is 14.7. The summed E-state index contributed by atoms with van der Waals surface area (Å²) in [6, 6.07) is 8.24. The van der Waals surface area contributed by atoms with Crippen LogP contribution in [-0.4, -0.2) is 25.5 Å². The second kappa shape index (κ2) is 6.99. The van der Waals surface area contributed by atoms with Crippen molar-refractivity contribution in [2.24, 2.45) is 7.05 Å². The maximum Gasteiger partial charge on any atom is 0.277 e. The third-order valence-electron chi connectivity index (χ3n) is 4.20. The molecule has 3 aromatic rings. The van der Waals surface area contributed by atoms with E-state index >= 15 is 0 Å². The van der Waals surface area contributed by atoms with Crippen molar-refractivity contribution in [3.8, 4) is 0 Å². The fourth-order valence-electron chi connectivity index (χ4n) is 2.77. The molecule has 0 aliphatic rings. The van der Waals surface area contributed by atoms with E-state index in [0.29, 0.717) is 12.2 Å². The number of rotatable bonds is 4. The van der Waals surface area contributed by atoms with Gasteiger partial charge in [-0.25, -0.2) is 0 Å². The zero-order chi connectivity index (χ0) is 18.1. The van der Waals surface area contributed by atoms with Gasteiger partial charge >= 0.3 is 0 Å². The summed E-state index contributed by atoms with van der Waals surface area (Å²) in [5.41, 5.74) is 5.34. The molecule has 0 aliphatic heterocycles. The van der Waals surface area contributed by atoms with Crippen molar-refractivity contribution in [1.82, 2.24) is 19.6 Å². The Bertz CT molecular complexity index is 941. The van der Waals surface area contributed by atoms with Crippen molar-refractivity contribution in [3.05, 3.63) is 62.2 Å². The van der Waals surface area contributed by atoms with Gasteiger partial charge < -0.3 is 5.32 Å². The van der Waals surface area contributed by atoms with Gasteiger partial charge in [-0.05, 0) is 54.5 Å². The van der Waals surface area contributed by atoms with Crippen molar-refractivity contribution >= 4 is 34.2 Å². The normalized spacial score (nSPS) is 10.9. The summed E-state index contributed by atoms with van der Waals surface area (Å²) in [6.45, 7) is 6.64. The first kappa shape index (κ1) is 17.7.